The van der Waals surface area contributed by atoms with Crippen molar-refractivity contribution in [2.24, 2.45) is 0 Å². The van der Waals surface area contributed by atoms with E-state index in [1.54, 1.807) is 0 Å². The first kappa shape index (κ1) is 12.3. The second kappa shape index (κ2) is 5.97. The molecule has 1 fully saturated rings. The fourth-order valence-electron chi connectivity index (χ4n) is 1.28. The van der Waals surface area contributed by atoms with Crippen molar-refractivity contribution in [2.75, 3.05) is 19.0 Å². The number of hydrogen-bond acceptors (Lipinski definition) is 5. The molecule has 0 saturated carbocycles. The highest BCUT2D eigenvalue weighted by atomic mass is 32.1. The van der Waals surface area contributed by atoms with Gasteiger partial charge >= 0.3 is 5.97 Å². The molecule has 0 bridgehead atoms. The number of hydrogen-bond donors (Lipinski definition) is 2. The molecule has 1 N–H and O–H groups in total. The molecule has 86 valence electrons. The zero-order valence-electron chi connectivity index (χ0n) is 8.56. The zero-order chi connectivity index (χ0) is 11.3. The molecular formula is C9H15NO4S. The molecule has 0 radical (unpaired) electrons. The van der Waals surface area contributed by atoms with E-state index in [2.05, 4.69) is 17.9 Å². The van der Waals surface area contributed by atoms with Crippen LogP contribution in [0.5, 0.6) is 0 Å². The van der Waals surface area contributed by atoms with Crippen LogP contribution < -0.4 is 5.32 Å². The molecule has 1 rings (SSSR count). The monoisotopic (exact) mass is 233 g/mol. The Balaban J connectivity index is 2.38. The van der Waals surface area contributed by atoms with Crippen LogP contribution in [0.2, 0.25) is 0 Å². The molecule has 1 saturated heterocycles. The van der Waals surface area contributed by atoms with Crippen molar-refractivity contribution in [1.82, 2.24) is 5.32 Å². The molecule has 2 atom stereocenters. The largest absolute Gasteiger partial charge is 0.458 e. The summed E-state index contributed by atoms with van der Waals surface area (Å²) >= 11 is 3.98. The van der Waals surface area contributed by atoms with E-state index < -0.39 is 12.0 Å². The minimum absolute atomic E-state index is 0.186. The average Bonchev–Trinajstić information content (AvgIpc) is 2.66. The first-order chi connectivity index (χ1) is 7.13. The van der Waals surface area contributed by atoms with Crippen molar-refractivity contribution in [3.63, 3.8) is 0 Å². The summed E-state index contributed by atoms with van der Waals surface area (Å²) in [7, 11) is 0. The first-order valence-corrected chi connectivity index (χ1v) is 5.43. The lowest BCUT2D eigenvalue weighted by Crippen LogP contribution is -2.43. The third kappa shape index (κ3) is 4.09. The van der Waals surface area contributed by atoms with E-state index in [1.165, 1.54) is 6.92 Å². The third-order valence-electron chi connectivity index (χ3n) is 2.02. The van der Waals surface area contributed by atoms with Crippen molar-refractivity contribution in [1.29, 1.82) is 0 Å². The maximum absolute atomic E-state index is 11.5. The quantitative estimate of drug-likeness (QED) is 0.519. The van der Waals surface area contributed by atoms with Gasteiger partial charge in [-0.05, 0) is 0 Å². The molecule has 1 heterocycles. The number of ether oxygens (including phenoxy) is 2. The topological polar surface area (TPSA) is 64.6 Å². The molecule has 0 spiro atoms. The second-order valence-corrected chi connectivity index (χ2v) is 3.72. The number of esters is 1. The fourth-order valence-corrected chi connectivity index (χ4v) is 1.52. The van der Waals surface area contributed by atoms with Crippen molar-refractivity contribution in [3.8, 4) is 0 Å². The highest BCUT2D eigenvalue weighted by Crippen LogP contribution is 2.09. The lowest BCUT2D eigenvalue weighted by molar-refractivity contribution is -0.152. The Kier molecular flexibility index (Phi) is 4.90. The summed E-state index contributed by atoms with van der Waals surface area (Å²) in [5.74, 6) is -0.490. The summed E-state index contributed by atoms with van der Waals surface area (Å²) < 4.78 is 10.2. The van der Waals surface area contributed by atoms with Crippen LogP contribution in [0.1, 0.15) is 13.3 Å². The second-order valence-electron chi connectivity index (χ2n) is 3.36. The summed E-state index contributed by atoms with van der Waals surface area (Å²) in [6, 6.07) is -0.675. The van der Waals surface area contributed by atoms with E-state index in [4.69, 9.17) is 9.47 Å². The summed E-state index contributed by atoms with van der Waals surface area (Å²) in [6.45, 7) is 2.40. The maximum Gasteiger partial charge on any atom is 0.329 e. The lowest BCUT2D eigenvalue weighted by atomic mass is 10.3. The van der Waals surface area contributed by atoms with Crippen LogP contribution in [0.4, 0.5) is 0 Å². The van der Waals surface area contributed by atoms with E-state index in [9.17, 15) is 9.59 Å². The van der Waals surface area contributed by atoms with Crippen LogP contribution in [0.3, 0.4) is 0 Å². The van der Waals surface area contributed by atoms with Gasteiger partial charge in [-0.2, -0.15) is 12.6 Å². The lowest BCUT2D eigenvalue weighted by Gasteiger charge is -2.17. The van der Waals surface area contributed by atoms with Gasteiger partial charge in [0.05, 0.1) is 13.2 Å². The minimum Gasteiger partial charge on any atom is -0.458 e. The van der Waals surface area contributed by atoms with Gasteiger partial charge in [-0.1, -0.05) is 0 Å². The van der Waals surface area contributed by atoms with E-state index in [-0.39, 0.29) is 17.8 Å². The number of nitrogens with one attached hydrogen (secondary N) is 1. The van der Waals surface area contributed by atoms with Crippen LogP contribution in [0, 0.1) is 0 Å². The van der Waals surface area contributed by atoms with Crippen LogP contribution in [-0.4, -0.2) is 43.0 Å². The van der Waals surface area contributed by atoms with E-state index in [0.717, 1.165) is 0 Å². The van der Waals surface area contributed by atoms with E-state index in [1.807, 2.05) is 0 Å². The molecule has 0 aromatic heterocycles. The molecule has 1 aliphatic heterocycles. The van der Waals surface area contributed by atoms with Crippen LogP contribution in [0.25, 0.3) is 0 Å². The fraction of sp³-hybridized carbons (Fsp3) is 0.778. The Morgan fingerprint density at radius 3 is 2.87 bits per heavy atom. The smallest absolute Gasteiger partial charge is 0.329 e. The molecule has 0 aromatic carbocycles. The van der Waals surface area contributed by atoms with Gasteiger partial charge in [-0.15, -0.1) is 0 Å². The Hall–Kier alpha value is -0.750. The number of amides is 1. The average molecular weight is 233 g/mol. The Morgan fingerprint density at radius 1 is 1.67 bits per heavy atom. The number of carbonyl (C=O) groups excluding carboxylic acids is 2. The Labute approximate surface area is 93.9 Å². The molecule has 5 nitrogen and oxygen atoms in total. The van der Waals surface area contributed by atoms with Gasteiger partial charge in [0.15, 0.2) is 0 Å². The van der Waals surface area contributed by atoms with Crippen LogP contribution in [0.15, 0.2) is 0 Å². The van der Waals surface area contributed by atoms with Crippen molar-refractivity contribution in [2.45, 2.75) is 25.5 Å². The van der Waals surface area contributed by atoms with Gasteiger partial charge in [0.25, 0.3) is 0 Å². The summed E-state index contributed by atoms with van der Waals surface area (Å²) in [6.07, 6.45) is 0.527. The van der Waals surface area contributed by atoms with Crippen molar-refractivity contribution in [3.05, 3.63) is 0 Å². The Morgan fingerprint density at radius 2 is 2.40 bits per heavy atom. The SMILES string of the molecule is CC(=O)NC(CS)C(=O)OC1CCOC1. The molecule has 0 aliphatic carbocycles. The van der Waals surface area contributed by atoms with Gasteiger partial charge in [0.1, 0.15) is 12.1 Å². The molecule has 15 heavy (non-hydrogen) atoms. The van der Waals surface area contributed by atoms with Crippen LogP contribution in [-0.2, 0) is 19.1 Å². The molecule has 2 unspecified atom stereocenters. The third-order valence-corrected chi connectivity index (χ3v) is 2.38. The van der Waals surface area contributed by atoms with Crippen molar-refractivity contribution >= 4 is 24.5 Å². The number of thiol groups is 1. The summed E-state index contributed by atoms with van der Waals surface area (Å²) in [5, 5.41) is 2.47. The molecule has 6 heteroatoms. The summed E-state index contributed by atoms with van der Waals surface area (Å²) in [5.41, 5.74) is 0. The predicted octanol–water partition coefficient (Wildman–Crippen LogP) is -0.247. The minimum atomic E-state index is -0.675. The van der Waals surface area contributed by atoms with Gasteiger partial charge < -0.3 is 14.8 Å². The van der Waals surface area contributed by atoms with E-state index >= 15 is 0 Å². The molecular weight excluding hydrogens is 218 g/mol. The maximum atomic E-state index is 11.5. The van der Waals surface area contributed by atoms with Gasteiger partial charge in [0, 0.05) is 19.1 Å². The molecule has 1 aliphatic rings. The van der Waals surface area contributed by atoms with Gasteiger partial charge in [0.2, 0.25) is 5.91 Å². The Bertz CT molecular complexity index is 240. The predicted molar refractivity (Wildman–Crippen MR) is 56.8 cm³/mol. The molecule has 1 amide bonds. The van der Waals surface area contributed by atoms with Gasteiger partial charge in [-0.25, -0.2) is 4.79 Å². The number of carbonyl (C=O) groups is 2. The number of rotatable bonds is 4. The normalized spacial score (nSPS) is 22.1. The summed E-state index contributed by atoms with van der Waals surface area (Å²) in [4.78, 5) is 22.3. The van der Waals surface area contributed by atoms with Crippen LogP contribution >= 0.6 is 12.6 Å². The highest BCUT2D eigenvalue weighted by molar-refractivity contribution is 7.80. The zero-order valence-corrected chi connectivity index (χ0v) is 9.46. The first-order valence-electron chi connectivity index (χ1n) is 4.79. The molecule has 0 aromatic rings. The standard InChI is InChI=1S/C9H15NO4S/c1-6(11)10-8(5-15)9(12)14-7-2-3-13-4-7/h7-8,15H,2-5H2,1H3,(H,10,11). The van der Waals surface area contributed by atoms with Crippen molar-refractivity contribution < 1.29 is 19.1 Å². The highest BCUT2D eigenvalue weighted by Gasteiger charge is 2.25. The van der Waals surface area contributed by atoms with E-state index in [0.29, 0.717) is 19.6 Å². The van der Waals surface area contributed by atoms with Gasteiger partial charge in [-0.3, -0.25) is 4.79 Å².